The van der Waals surface area contributed by atoms with E-state index in [4.69, 9.17) is 4.74 Å². The number of Topliss-reactive ketones (excluding diaryl/α,β-unsaturated/α-hetero) is 1. The topological polar surface area (TPSA) is 70.1 Å². The van der Waals surface area contributed by atoms with Gasteiger partial charge in [0.1, 0.15) is 11.5 Å². The minimum atomic E-state index is -0.776. The number of nitrogens with zero attached hydrogens (tertiary/aromatic N) is 2. The van der Waals surface area contributed by atoms with Crippen molar-refractivity contribution >= 4 is 28.8 Å². The Balaban J connectivity index is 1.85. The van der Waals surface area contributed by atoms with E-state index in [2.05, 4.69) is 27.7 Å². The Labute approximate surface area is 225 Å². The van der Waals surface area contributed by atoms with Crippen LogP contribution in [0.4, 0.5) is 11.4 Å². The van der Waals surface area contributed by atoms with Gasteiger partial charge in [0.25, 0.3) is 11.7 Å². The summed E-state index contributed by atoms with van der Waals surface area (Å²) in [7, 11) is 3.88. The van der Waals surface area contributed by atoms with Gasteiger partial charge in [0.15, 0.2) is 0 Å². The molecule has 6 nitrogen and oxygen atoms in total. The first-order chi connectivity index (χ1) is 18.1. The molecule has 1 aliphatic heterocycles. The lowest BCUT2D eigenvalue weighted by Crippen LogP contribution is -2.29. The van der Waals surface area contributed by atoms with Crippen LogP contribution < -0.4 is 14.5 Å². The van der Waals surface area contributed by atoms with E-state index in [0.29, 0.717) is 35.4 Å². The molecule has 0 spiro atoms. The number of anilines is 2. The van der Waals surface area contributed by atoms with E-state index >= 15 is 0 Å². The van der Waals surface area contributed by atoms with Crippen molar-refractivity contribution in [3.8, 4) is 5.75 Å². The van der Waals surface area contributed by atoms with Gasteiger partial charge in [0.2, 0.25) is 0 Å². The predicted molar refractivity (Wildman–Crippen MR) is 153 cm³/mol. The first-order valence-corrected chi connectivity index (χ1v) is 13.0. The van der Waals surface area contributed by atoms with Gasteiger partial charge in [-0.3, -0.25) is 14.5 Å². The van der Waals surface area contributed by atoms with Crippen LogP contribution in [0.25, 0.3) is 5.76 Å². The van der Waals surface area contributed by atoms with Crippen LogP contribution in [0.15, 0.2) is 78.4 Å². The second-order valence-corrected chi connectivity index (χ2v) is 10.6. The monoisotopic (exact) mass is 512 g/mol. The number of carbonyl (C=O) groups excluding carboxylic acids is 2. The Morgan fingerprint density at radius 3 is 2.18 bits per heavy atom. The number of rotatable bonds is 8. The lowest BCUT2D eigenvalue weighted by molar-refractivity contribution is -0.132. The predicted octanol–water partition coefficient (Wildman–Crippen LogP) is 6.54. The van der Waals surface area contributed by atoms with Gasteiger partial charge in [-0.1, -0.05) is 64.1 Å². The number of carbonyl (C=O) groups is 2. The molecule has 1 saturated heterocycles. The molecule has 1 aliphatic rings. The highest BCUT2D eigenvalue weighted by molar-refractivity contribution is 6.51. The smallest absolute Gasteiger partial charge is 0.300 e. The summed E-state index contributed by atoms with van der Waals surface area (Å²) in [5, 5.41) is 11.5. The summed E-state index contributed by atoms with van der Waals surface area (Å²) < 4.78 is 5.84. The molecule has 0 saturated carbocycles. The molecule has 0 aliphatic carbocycles. The van der Waals surface area contributed by atoms with Crippen molar-refractivity contribution in [2.75, 3.05) is 30.5 Å². The molecule has 1 heterocycles. The molecule has 1 atom stereocenters. The molecule has 3 aromatic rings. The van der Waals surface area contributed by atoms with Gasteiger partial charge in [-0.2, -0.15) is 0 Å². The molecule has 0 bridgehead atoms. The molecular weight excluding hydrogens is 476 g/mol. The SMILES string of the molecule is CC(C)COc1cccc(/C(O)=C2\C(=O)C(=O)N(c3ccc(N(C)C)cc3)C2c2ccc(C(C)C)cc2)c1. The summed E-state index contributed by atoms with van der Waals surface area (Å²) in [6.07, 6.45) is 0. The maximum Gasteiger partial charge on any atom is 0.300 e. The number of amides is 1. The van der Waals surface area contributed by atoms with E-state index in [-0.39, 0.29) is 11.3 Å². The van der Waals surface area contributed by atoms with Crippen molar-refractivity contribution in [1.29, 1.82) is 0 Å². The first-order valence-electron chi connectivity index (χ1n) is 13.0. The lowest BCUT2D eigenvalue weighted by atomic mass is 9.93. The average Bonchev–Trinajstić information content (AvgIpc) is 3.17. The first kappa shape index (κ1) is 27.0. The van der Waals surface area contributed by atoms with Crippen molar-refractivity contribution in [3.05, 3.63) is 95.1 Å². The van der Waals surface area contributed by atoms with Crippen molar-refractivity contribution in [1.82, 2.24) is 0 Å². The lowest BCUT2D eigenvalue weighted by Gasteiger charge is -2.26. The summed E-state index contributed by atoms with van der Waals surface area (Å²) in [5.74, 6) is -0.342. The van der Waals surface area contributed by atoms with Crippen molar-refractivity contribution in [3.63, 3.8) is 0 Å². The number of hydrogen-bond acceptors (Lipinski definition) is 5. The molecule has 1 amide bonds. The zero-order valence-corrected chi connectivity index (χ0v) is 22.9. The van der Waals surface area contributed by atoms with E-state index in [1.54, 1.807) is 18.2 Å². The summed E-state index contributed by atoms with van der Waals surface area (Å²) >= 11 is 0. The van der Waals surface area contributed by atoms with E-state index in [1.807, 2.05) is 73.6 Å². The number of ketones is 1. The van der Waals surface area contributed by atoms with Crippen LogP contribution in [0.1, 0.15) is 56.3 Å². The Kier molecular flexibility index (Phi) is 7.91. The van der Waals surface area contributed by atoms with E-state index in [1.165, 1.54) is 4.90 Å². The molecule has 6 heteroatoms. The fourth-order valence-electron chi connectivity index (χ4n) is 4.54. The van der Waals surface area contributed by atoms with Gasteiger partial charge in [0, 0.05) is 31.0 Å². The molecule has 1 N–H and O–H groups in total. The highest BCUT2D eigenvalue weighted by atomic mass is 16.5. The fourth-order valence-corrected chi connectivity index (χ4v) is 4.54. The molecule has 0 aromatic heterocycles. The number of aliphatic hydroxyl groups excluding tert-OH is 1. The second-order valence-electron chi connectivity index (χ2n) is 10.6. The molecule has 38 heavy (non-hydrogen) atoms. The standard InChI is InChI=1S/C32H36N2O4/c1-20(2)19-38-27-9-7-8-24(18-27)30(35)28-29(23-12-10-22(11-13-23)21(3)4)34(32(37)31(28)36)26-16-14-25(15-17-26)33(5)6/h7-18,20-21,29,35H,19H2,1-6H3/b30-28+. The maximum atomic E-state index is 13.5. The van der Waals surface area contributed by atoms with Crippen LogP contribution in [0.2, 0.25) is 0 Å². The normalized spacial score (nSPS) is 16.9. The Hall–Kier alpha value is -4.06. The van der Waals surface area contributed by atoms with E-state index in [0.717, 1.165) is 16.8 Å². The largest absolute Gasteiger partial charge is 0.507 e. The second kappa shape index (κ2) is 11.1. The third-order valence-electron chi connectivity index (χ3n) is 6.70. The van der Waals surface area contributed by atoms with Crippen LogP contribution in [0.5, 0.6) is 5.75 Å². The molecule has 4 rings (SSSR count). The van der Waals surface area contributed by atoms with Gasteiger partial charge in [0.05, 0.1) is 18.2 Å². The number of benzene rings is 3. The zero-order valence-electron chi connectivity index (χ0n) is 22.9. The summed E-state index contributed by atoms with van der Waals surface area (Å²) in [5.41, 5.74) is 3.95. The van der Waals surface area contributed by atoms with Gasteiger partial charge in [-0.25, -0.2) is 0 Å². The van der Waals surface area contributed by atoms with Gasteiger partial charge in [-0.15, -0.1) is 0 Å². The van der Waals surface area contributed by atoms with Crippen LogP contribution in [0, 0.1) is 5.92 Å². The van der Waals surface area contributed by atoms with Crippen molar-refractivity contribution in [2.24, 2.45) is 5.92 Å². The summed E-state index contributed by atoms with van der Waals surface area (Å²) in [6, 6.07) is 21.6. The van der Waals surface area contributed by atoms with Crippen LogP contribution in [0.3, 0.4) is 0 Å². The highest BCUT2D eigenvalue weighted by Crippen LogP contribution is 2.43. The third-order valence-corrected chi connectivity index (χ3v) is 6.70. The summed E-state index contributed by atoms with van der Waals surface area (Å²) in [4.78, 5) is 30.4. The zero-order chi connectivity index (χ0) is 27.6. The van der Waals surface area contributed by atoms with Gasteiger partial charge < -0.3 is 14.7 Å². The number of ether oxygens (including phenoxy) is 1. The maximum absolute atomic E-state index is 13.5. The summed E-state index contributed by atoms with van der Waals surface area (Å²) in [6.45, 7) is 8.87. The Morgan fingerprint density at radius 1 is 0.947 bits per heavy atom. The van der Waals surface area contributed by atoms with Crippen molar-refractivity contribution in [2.45, 2.75) is 39.7 Å². The Morgan fingerprint density at radius 2 is 1.61 bits per heavy atom. The van der Waals surface area contributed by atoms with Gasteiger partial charge >= 0.3 is 0 Å². The van der Waals surface area contributed by atoms with Crippen LogP contribution >= 0.6 is 0 Å². The average molecular weight is 513 g/mol. The van der Waals surface area contributed by atoms with E-state index in [9.17, 15) is 14.7 Å². The Bertz CT molecular complexity index is 1340. The minimum Gasteiger partial charge on any atom is -0.507 e. The third kappa shape index (κ3) is 5.44. The van der Waals surface area contributed by atoms with E-state index < -0.39 is 17.7 Å². The number of aliphatic hydroxyl groups is 1. The van der Waals surface area contributed by atoms with Crippen LogP contribution in [-0.2, 0) is 9.59 Å². The van der Waals surface area contributed by atoms with Crippen LogP contribution in [-0.4, -0.2) is 37.5 Å². The molecule has 198 valence electrons. The van der Waals surface area contributed by atoms with Gasteiger partial charge in [-0.05, 0) is 59.4 Å². The highest BCUT2D eigenvalue weighted by Gasteiger charge is 2.47. The van der Waals surface area contributed by atoms with Crippen molar-refractivity contribution < 1.29 is 19.4 Å². The molecule has 0 radical (unpaired) electrons. The molecular formula is C32H36N2O4. The molecule has 1 fully saturated rings. The minimum absolute atomic E-state index is 0.0602. The molecule has 1 unspecified atom stereocenters. The fraction of sp³-hybridized carbons (Fsp3) is 0.312. The molecule has 3 aromatic carbocycles. The quantitative estimate of drug-likeness (QED) is 0.211. The number of hydrogen-bond donors (Lipinski definition) is 1.